The molecule has 1 amide bonds. The molecule has 0 fully saturated rings. The minimum atomic E-state index is -1.06. The Morgan fingerprint density at radius 1 is 1.33 bits per heavy atom. The zero-order chi connectivity index (χ0) is 15.6. The molecule has 0 aliphatic heterocycles. The van der Waals surface area contributed by atoms with Crippen molar-refractivity contribution in [3.8, 4) is 0 Å². The second-order valence-electron chi connectivity index (χ2n) is 4.70. The average Bonchev–Trinajstić information content (AvgIpc) is 2.75. The van der Waals surface area contributed by atoms with Crippen LogP contribution in [0.5, 0.6) is 0 Å². The maximum absolute atomic E-state index is 12.0. The highest BCUT2D eigenvalue weighted by Gasteiger charge is 2.13. The van der Waals surface area contributed by atoms with Crippen molar-refractivity contribution in [1.29, 1.82) is 0 Å². The van der Waals surface area contributed by atoms with E-state index in [1.165, 1.54) is 12.1 Å². The SMILES string of the molecule is Cc1nc(C(=O)NCc2cnn(C)c2C)ccc1C(=O)O. The molecule has 110 valence electrons. The van der Waals surface area contributed by atoms with Gasteiger partial charge in [0.15, 0.2) is 0 Å². The van der Waals surface area contributed by atoms with E-state index >= 15 is 0 Å². The number of amides is 1. The van der Waals surface area contributed by atoms with Crippen molar-refractivity contribution in [2.24, 2.45) is 7.05 Å². The number of carboxylic acids is 1. The summed E-state index contributed by atoms with van der Waals surface area (Å²) in [4.78, 5) is 26.9. The molecular formula is C14H16N4O3. The van der Waals surface area contributed by atoms with Gasteiger partial charge < -0.3 is 10.4 Å². The number of carbonyl (C=O) groups is 2. The van der Waals surface area contributed by atoms with E-state index in [2.05, 4.69) is 15.4 Å². The number of carbonyl (C=O) groups excluding carboxylic acids is 1. The first-order chi connectivity index (χ1) is 9.90. The Kier molecular flexibility index (Phi) is 4.02. The second kappa shape index (κ2) is 5.74. The molecule has 0 radical (unpaired) electrons. The highest BCUT2D eigenvalue weighted by atomic mass is 16.4. The van der Waals surface area contributed by atoms with Gasteiger partial charge in [-0.2, -0.15) is 5.10 Å². The standard InChI is InChI=1S/C14H16N4O3/c1-8-11(14(20)21)4-5-12(17-8)13(19)15-6-10-7-16-18(3)9(10)2/h4-5,7H,6H2,1-3H3,(H,15,19)(H,20,21). The summed E-state index contributed by atoms with van der Waals surface area (Å²) in [7, 11) is 1.83. The number of rotatable bonds is 4. The van der Waals surface area contributed by atoms with E-state index in [-0.39, 0.29) is 17.2 Å². The van der Waals surface area contributed by atoms with Crippen LogP contribution in [0.25, 0.3) is 0 Å². The molecule has 0 bridgehead atoms. The van der Waals surface area contributed by atoms with Crippen LogP contribution in [0.2, 0.25) is 0 Å². The molecule has 0 aromatic carbocycles. The van der Waals surface area contributed by atoms with Gasteiger partial charge in [-0.25, -0.2) is 9.78 Å². The molecule has 0 unspecified atom stereocenters. The second-order valence-corrected chi connectivity index (χ2v) is 4.70. The van der Waals surface area contributed by atoms with E-state index in [4.69, 9.17) is 5.11 Å². The lowest BCUT2D eigenvalue weighted by Gasteiger charge is -2.06. The summed E-state index contributed by atoms with van der Waals surface area (Å²) in [5, 5.41) is 15.8. The molecule has 0 saturated carbocycles. The van der Waals surface area contributed by atoms with E-state index in [1.807, 2.05) is 14.0 Å². The first-order valence-corrected chi connectivity index (χ1v) is 6.36. The lowest BCUT2D eigenvalue weighted by Crippen LogP contribution is -2.24. The maximum Gasteiger partial charge on any atom is 0.337 e. The van der Waals surface area contributed by atoms with E-state index in [0.717, 1.165) is 11.3 Å². The van der Waals surface area contributed by atoms with Crippen molar-refractivity contribution in [2.75, 3.05) is 0 Å². The van der Waals surface area contributed by atoms with Crippen LogP contribution < -0.4 is 5.32 Å². The molecule has 2 heterocycles. The third-order valence-electron chi connectivity index (χ3n) is 3.33. The van der Waals surface area contributed by atoms with Gasteiger partial charge in [0, 0.05) is 24.8 Å². The largest absolute Gasteiger partial charge is 0.478 e. The minimum Gasteiger partial charge on any atom is -0.478 e. The van der Waals surface area contributed by atoms with Crippen LogP contribution in [0, 0.1) is 13.8 Å². The summed E-state index contributed by atoms with van der Waals surface area (Å²) >= 11 is 0. The Bertz CT molecular complexity index is 706. The fourth-order valence-electron chi connectivity index (χ4n) is 1.90. The van der Waals surface area contributed by atoms with Crippen molar-refractivity contribution in [3.05, 3.63) is 46.5 Å². The summed E-state index contributed by atoms with van der Waals surface area (Å²) in [5.74, 6) is -1.41. The molecule has 7 nitrogen and oxygen atoms in total. The Morgan fingerprint density at radius 3 is 2.57 bits per heavy atom. The van der Waals surface area contributed by atoms with Gasteiger partial charge in [-0.1, -0.05) is 0 Å². The van der Waals surface area contributed by atoms with Gasteiger partial charge >= 0.3 is 5.97 Å². The van der Waals surface area contributed by atoms with Crippen molar-refractivity contribution in [3.63, 3.8) is 0 Å². The number of carboxylic acid groups (broad SMARTS) is 1. The summed E-state index contributed by atoms with van der Waals surface area (Å²) in [6.07, 6.45) is 1.70. The molecule has 2 rings (SSSR count). The van der Waals surface area contributed by atoms with E-state index < -0.39 is 5.97 Å². The Morgan fingerprint density at radius 2 is 2.05 bits per heavy atom. The highest BCUT2D eigenvalue weighted by molar-refractivity contribution is 5.94. The van der Waals surface area contributed by atoms with Crippen LogP contribution in [0.1, 0.15) is 37.8 Å². The predicted octanol–water partition coefficient (Wildman–Crippen LogP) is 1.06. The summed E-state index contributed by atoms with van der Waals surface area (Å²) < 4.78 is 1.73. The van der Waals surface area contributed by atoms with E-state index in [0.29, 0.717) is 12.2 Å². The lowest BCUT2D eigenvalue weighted by molar-refractivity contribution is 0.0694. The number of hydrogen-bond acceptors (Lipinski definition) is 4. The van der Waals surface area contributed by atoms with Gasteiger partial charge in [0.25, 0.3) is 5.91 Å². The monoisotopic (exact) mass is 288 g/mol. The average molecular weight is 288 g/mol. The number of pyridine rings is 1. The van der Waals surface area contributed by atoms with Gasteiger partial charge in [0.05, 0.1) is 17.5 Å². The molecule has 21 heavy (non-hydrogen) atoms. The topological polar surface area (TPSA) is 97.1 Å². The number of nitrogens with zero attached hydrogens (tertiary/aromatic N) is 3. The molecule has 0 aliphatic carbocycles. The Labute approximate surface area is 121 Å². The van der Waals surface area contributed by atoms with Gasteiger partial charge in [0.1, 0.15) is 5.69 Å². The normalized spacial score (nSPS) is 10.4. The van der Waals surface area contributed by atoms with Crippen molar-refractivity contribution >= 4 is 11.9 Å². The van der Waals surface area contributed by atoms with Gasteiger partial charge in [-0.15, -0.1) is 0 Å². The van der Waals surface area contributed by atoms with Gasteiger partial charge in [-0.3, -0.25) is 9.48 Å². The van der Waals surface area contributed by atoms with Crippen molar-refractivity contribution in [2.45, 2.75) is 20.4 Å². The summed E-state index contributed by atoms with van der Waals surface area (Å²) in [6, 6.07) is 2.79. The minimum absolute atomic E-state index is 0.0923. The third kappa shape index (κ3) is 3.07. The van der Waals surface area contributed by atoms with Crippen LogP contribution in [0.4, 0.5) is 0 Å². The summed E-state index contributed by atoms with van der Waals surface area (Å²) in [5.41, 5.74) is 2.49. The fourth-order valence-corrected chi connectivity index (χ4v) is 1.90. The molecule has 2 aromatic rings. The Hall–Kier alpha value is -2.70. The first kappa shape index (κ1) is 14.7. The lowest BCUT2D eigenvalue weighted by atomic mass is 10.2. The number of aromatic nitrogens is 3. The predicted molar refractivity (Wildman–Crippen MR) is 75.0 cm³/mol. The van der Waals surface area contributed by atoms with Crippen LogP contribution in [-0.2, 0) is 13.6 Å². The molecule has 0 spiro atoms. The number of aromatic carboxylic acids is 1. The molecule has 7 heteroatoms. The van der Waals surface area contributed by atoms with Crippen LogP contribution in [0.3, 0.4) is 0 Å². The van der Waals surface area contributed by atoms with Gasteiger partial charge in [0.2, 0.25) is 0 Å². The maximum atomic E-state index is 12.0. The molecule has 0 atom stereocenters. The molecule has 2 N–H and O–H groups in total. The highest BCUT2D eigenvalue weighted by Crippen LogP contribution is 2.08. The molecule has 2 aromatic heterocycles. The Balaban J connectivity index is 2.09. The zero-order valence-corrected chi connectivity index (χ0v) is 12.0. The van der Waals surface area contributed by atoms with E-state index in [1.54, 1.807) is 17.8 Å². The molecular weight excluding hydrogens is 272 g/mol. The van der Waals surface area contributed by atoms with Crippen molar-refractivity contribution in [1.82, 2.24) is 20.1 Å². The van der Waals surface area contributed by atoms with Gasteiger partial charge in [-0.05, 0) is 26.0 Å². The number of aryl methyl sites for hydroxylation is 2. The smallest absolute Gasteiger partial charge is 0.337 e. The van der Waals surface area contributed by atoms with Crippen molar-refractivity contribution < 1.29 is 14.7 Å². The quantitative estimate of drug-likeness (QED) is 0.876. The van der Waals surface area contributed by atoms with Crippen LogP contribution in [0.15, 0.2) is 18.3 Å². The molecule has 0 aliphatic rings. The summed E-state index contributed by atoms with van der Waals surface area (Å²) in [6.45, 7) is 3.82. The third-order valence-corrected chi connectivity index (χ3v) is 3.33. The first-order valence-electron chi connectivity index (χ1n) is 6.36. The molecule has 0 saturated heterocycles. The van der Waals surface area contributed by atoms with E-state index in [9.17, 15) is 9.59 Å². The number of hydrogen-bond donors (Lipinski definition) is 2. The number of nitrogens with one attached hydrogen (secondary N) is 1. The fraction of sp³-hybridized carbons (Fsp3) is 0.286. The van der Waals surface area contributed by atoms with Crippen LogP contribution >= 0.6 is 0 Å². The van der Waals surface area contributed by atoms with Crippen LogP contribution in [-0.4, -0.2) is 31.7 Å². The zero-order valence-electron chi connectivity index (χ0n) is 12.0.